The van der Waals surface area contributed by atoms with Crippen LogP contribution in [0.1, 0.15) is 81.2 Å². The molecule has 0 radical (unpaired) electrons. The Morgan fingerprint density at radius 2 is 1.43 bits per heavy atom. The molecule has 1 rings (SSSR count). The Kier molecular flexibility index (Phi) is 13.7. The highest BCUT2D eigenvalue weighted by Gasteiger charge is 2.42. The molecule has 0 saturated heterocycles. The van der Waals surface area contributed by atoms with Crippen molar-refractivity contribution in [1.29, 1.82) is 0 Å². The second kappa shape index (κ2) is 15.5. The Balaban J connectivity index is 3.08. The molecule has 0 aliphatic heterocycles. The van der Waals surface area contributed by atoms with Gasteiger partial charge in [-0.05, 0) is 64.7 Å². The van der Waals surface area contributed by atoms with E-state index in [0.29, 0.717) is 6.42 Å². The first-order valence-corrected chi connectivity index (χ1v) is 17.4. The van der Waals surface area contributed by atoms with Crippen molar-refractivity contribution in [2.45, 2.75) is 130 Å². The van der Waals surface area contributed by atoms with E-state index in [1.165, 1.54) is 6.92 Å². The predicted octanol–water partition coefficient (Wildman–Crippen LogP) is 5.92. The van der Waals surface area contributed by atoms with Gasteiger partial charge in [-0.15, -0.1) is 0 Å². The second-order valence-corrected chi connectivity index (χ2v) is 17.9. The molecule has 42 heavy (non-hydrogen) atoms. The number of nitrogens with one attached hydrogen (secondary N) is 1. The summed E-state index contributed by atoms with van der Waals surface area (Å²) in [7, 11) is -2.37. The molecule has 238 valence electrons. The summed E-state index contributed by atoms with van der Waals surface area (Å²) in [5.74, 6) is -2.83. The number of esters is 3. The number of ether oxygens (including phenoxy) is 4. The van der Waals surface area contributed by atoms with Crippen LogP contribution in [0.15, 0.2) is 30.3 Å². The van der Waals surface area contributed by atoms with E-state index >= 15 is 0 Å². The molecule has 0 aliphatic carbocycles. The minimum absolute atomic E-state index is 0.00366. The van der Waals surface area contributed by atoms with Crippen molar-refractivity contribution in [3.63, 3.8) is 0 Å². The number of benzene rings is 1. The SMILES string of the molecule is CCC(C)[C@H](OC(=O)[C@H](C)OC(=O)[C@@H](NC(=O)OCc1ccccc1)[C@@H](C)O[Si](C)(C)C(C)(C)C)C(=O)OC(C)(C)C. The minimum atomic E-state index is -2.37. The van der Waals surface area contributed by atoms with Gasteiger partial charge >= 0.3 is 24.0 Å². The van der Waals surface area contributed by atoms with Crippen molar-refractivity contribution < 1.29 is 42.6 Å². The van der Waals surface area contributed by atoms with Gasteiger partial charge in [0.25, 0.3) is 0 Å². The summed E-state index contributed by atoms with van der Waals surface area (Å²) in [5, 5.41) is 2.38. The summed E-state index contributed by atoms with van der Waals surface area (Å²) >= 11 is 0. The Labute approximate surface area is 252 Å². The highest BCUT2D eigenvalue weighted by Crippen LogP contribution is 2.37. The molecule has 11 heteroatoms. The lowest BCUT2D eigenvalue weighted by molar-refractivity contribution is -0.186. The number of carbonyl (C=O) groups is 4. The van der Waals surface area contributed by atoms with Crippen LogP contribution < -0.4 is 5.32 Å². The Bertz CT molecular complexity index is 1050. The third-order valence-corrected chi connectivity index (χ3v) is 11.7. The molecular formula is C31H51NO9Si. The molecule has 0 fully saturated rings. The van der Waals surface area contributed by atoms with Gasteiger partial charge < -0.3 is 28.7 Å². The van der Waals surface area contributed by atoms with Crippen molar-refractivity contribution in [1.82, 2.24) is 5.32 Å². The number of hydrogen-bond donors (Lipinski definition) is 1. The highest BCUT2D eigenvalue weighted by atomic mass is 28.4. The molecule has 0 heterocycles. The quantitative estimate of drug-likeness (QED) is 0.165. The lowest BCUT2D eigenvalue weighted by Crippen LogP contribution is -2.55. The van der Waals surface area contributed by atoms with Crippen LogP contribution in [0.4, 0.5) is 4.79 Å². The van der Waals surface area contributed by atoms with Crippen molar-refractivity contribution in [3.8, 4) is 0 Å². The molecule has 1 N–H and O–H groups in total. The normalized spacial score (nSPS) is 15.8. The maximum atomic E-state index is 13.4. The molecular weight excluding hydrogens is 558 g/mol. The first kappa shape index (κ1) is 37.1. The smallest absolute Gasteiger partial charge is 0.408 e. The van der Waals surface area contributed by atoms with E-state index in [4.69, 9.17) is 23.4 Å². The molecule has 0 spiro atoms. The topological polar surface area (TPSA) is 126 Å². The largest absolute Gasteiger partial charge is 0.457 e. The molecule has 1 aromatic carbocycles. The first-order valence-electron chi connectivity index (χ1n) is 14.5. The average molecular weight is 610 g/mol. The zero-order valence-electron chi connectivity index (χ0n) is 27.4. The molecule has 1 unspecified atom stereocenters. The van der Waals surface area contributed by atoms with Crippen LogP contribution in [0.5, 0.6) is 0 Å². The van der Waals surface area contributed by atoms with Gasteiger partial charge in [0.05, 0.1) is 6.10 Å². The monoisotopic (exact) mass is 609 g/mol. The number of alkyl carbamates (subject to hydrolysis) is 1. The van der Waals surface area contributed by atoms with Gasteiger partial charge in [-0.2, -0.15) is 0 Å². The van der Waals surface area contributed by atoms with Gasteiger partial charge in [-0.1, -0.05) is 65.0 Å². The Morgan fingerprint density at radius 1 is 0.857 bits per heavy atom. The standard InChI is InChI=1S/C31H51NO9Si/c1-13-20(2)25(28(35)40-30(5,6)7)39-26(33)22(4)38-27(34)24(21(3)41-42(11,12)31(8,9)10)32-29(36)37-19-23-17-15-14-16-18-23/h14-18,20-22,24-25H,13,19H2,1-12H3,(H,32,36)/t20?,21-,22+,24+,25+/m1/s1. The Morgan fingerprint density at radius 3 is 1.93 bits per heavy atom. The third kappa shape index (κ3) is 12.1. The number of hydrogen-bond acceptors (Lipinski definition) is 9. The van der Waals surface area contributed by atoms with E-state index in [1.807, 2.05) is 38.2 Å². The Hall–Kier alpha value is -2.92. The summed E-state index contributed by atoms with van der Waals surface area (Å²) in [6.45, 7) is 22.0. The number of carbonyl (C=O) groups excluding carboxylic acids is 4. The molecule has 10 nitrogen and oxygen atoms in total. The maximum Gasteiger partial charge on any atom is 0.408 e. The lowest BCUT2D eigenvalue weighted by atomic mass is 10.0. The fourth-order valence-corrected chi connectivity index (χ4v) is 4.88. The fourth-order valence-electron chi connectivity index (χ4n) is 3.46. The van der Waals surface area contributed by atoms with Crippen LogP contribution >= 0.6 is 0 Å². The van der Waals surface area contributed by atoms with Crippen LogP contribution in [0, 0.1) is 5.92 Å². The van der Waals surface area contributed by atoms with E-state index in [0.717, 1.165) is 5.56 Å². The number of rotatable bonds is 13. The molecule has 0 aromatic heterocycles. The van der Waals surface area contributed by atoms with Gasteiger partial charge in [0.1, 0.15) is 12.2 Å². The third-order valence-electron chi connectivity index (χ3n) is 7.16. The predicted molar refractivity (Wildman–Crippen MR) is 162 cm³/mol. The van der Waals surface area contributed by atoms with E-state index in [1.54, 1.807) is 46.8 Å². The molecule has 1 aromatic rings. The van der Waals surface area contributed by atoms with Crippen molar-refractivity contribution in [2.24, 2.45) is 5.92 Å². The molecule has 0 aliphatic rings. The highest BCUT2D eigenvalue weighted by molar-refractivity contribution is 6.74. The summed E-state index contributed by atoms with van der Waals surface area (Å²) in [6.07, 6.45) is -3.66. The molecule has 0 bridgehead atoms. The average Bonchev–Trinajstić information content (AvgIpc) is 2.86. The molecule has 0 saturated carbocycles. The fraction of sp³-hybridized carbons (Fsp3) is 0.677. The summed E-state index contributed by atoms with van der Waals surface area (Å²) in [6, 6.07) is 7.81. The van der Waals surface area contributed by atoms with Gasteiger partial charge in [0.2, 0.25) is 6.10 Å². The van der Waals surface area contributed by atoms with Crippen LogP contribution in [-0.4, -0.2) is 62.3 Å². The van der Waals surface area contributed by atoms with E-state index in [2.05, 4.69) is 26.1 Å². The lowest BCUT2D eigenvalue weighted by Gasteiger charge is -2.40. The van der Waals surface area contributed by atoms with E-state index < -0.39 is 62.3 Å². The van der Waals surface area contributed by atoms with Crippen molar-refractivity contribution >= 4 is 32.3 Å². The van der Waals surface area contributed by atoms with Crippen LogP contribution in [0.3, 0.4) is 0 Å². The summed E-state index contributed by atoms with van der Waals surface area (Å²) in [4.78, 5) is 51.8. The minimum Gasteiger partial charge on any atom is -0.457 e. The van der Waals surface area contributed by atoms with E-state index in [-0.39, 0.29) is 17.6 Å². The molecule has 5 atom stereocenters. The van der Waals surface area contributed by atoms with Crippen molar-refractivity contribution in [3.05, 3.63) is 35.9 Å². The van der Waals surface area contributed by atoms with Crippen LogP contribution in [0.25, 0.3) is 0 Å². The summed E-state index contributed by atoms with van der Waals surface area (Å²) < 4.78 is 28.1. The van der Waals surface area contributed by atoms with Gasteiger partial charge in [-0.3, -0.25) is 0 Å². The number of amides is 1. The molecule has 1 amide bonds. The van der Waals surface area contributed by atoms with Gasteiger partial charge in [0, 0.05) is 5.92 Å². The summed E-state index contributed by atoms with van der Waals surface area (Å²) in [5.41, 5.74) is -0.00347. The van der Waals surface area contributed by atoms with E-state index in [9.17, 15) is 19.2 Å². The van der Waals surface area contributed by atoms with Crippen molar-refractivity contribution in [2.75, 3.05) is 0 Å². The first-order chi connectivity index (χ1) is 19.2. The maximum absolute atomic E-state index is 13.4. The zero-order chi connectivity index (χ0) is 32.5. The van der Waals surface area contributed by atoms with Crippen LogP contribution in [0.2, 0.25) is 18.1 Å². The van der Waals surface area contributed by atoms with Gasteiger partial charge in [-0.25, -0.2) is 19.2 Å². The van der Waals surface area contributed by atoms with Gasteiger partial charge in [0.15, 0.2) is 20.5 Å². The zero-order valence-corrected chi connectivity index (χ0v) is 28.4. The van der Waals surface area contributed by atoms with Crippen LogP contribution in [-0.2, 0) is 44.4 Å². The second-order valence-electron chi connectivity index (χ2n) is 13.1.